The van der Waals surface area contributed by atoms with Crippen molar-refractivity contribution in [3.63, 3.8) is 0 Å². The second-order valence-corrected chi connectivity index (χ2v) is 10.0. The van der Waals surface area contributed by atoms with Crippen LogP contribution in [0, 0.1) is 24.2 Å². The average molecular weight is 612 g/mol. The van der Waals surface area contributed by atoms with Crippen molar-refractivity contribution in [3.05, 3.63) is 75.6 Å². The van der Waals surface area contributed by atoms with Gasteiger partial charge in [0.25, 0.3) is 11.8 Å². The number of anilines is 2. The maximum Gasteiger partial charge on any atom is 0.417 e. The van der Waals surface area contributed by atoms with Crippen LogP contribution in [0.3, 0.4) is 0 Å². The van der Waals surface area contributed by atoms with Crippen molar-refractivity contribution in [2.75, 3.05) is 24.1 Å². The molecule has 1 saturated heterocycles. The fraction of sp³-hybridized carbons (Fsp3) is 0.241. The van der Waals surface area contributed by atoms with Crippen LogP contribution in [0.5, 0.6) is 0 Å². The topological polar surface area (TPSA) is 158 Å². The molecule has 1 unspecified atom stereocenters. The monoisotopic (exact) mass is 611 g/mol. The number of amides is 2. The summed E-state index contributed by atoms with van der Waals surface area (Å²) in [5.74, 6) is 4.43. The number of aromatic nitrogens is 2. The van der Waals surface area contributed by atoms with Crippen molar-refractivity contribution in [1.29, 1.82) is 5.41 Å². The Morgan fingerprint density at radius 2 is 1.98 bits per heavy atom. The maximum absolute atomic E-state index is 13.2. The van der Waals surface area contributed by atoms with Crippen molar-refractivity contribution in [2.45, 2.75) is 32.5 Å². The number of likely N-dealkylation sites (tertiary alicyclic amines) is 1. The summed E-state index contributed by atoms with van der Waals surface area (Å²) >= 11 is 5.65. The van der Waals surface area contributed by atoms with Gasteiger partial charge in [0.05, 0.1) is 22.7 Å². The molecule has 14 heteroatoms. The number of aliphatic imine (C=N–C) groups is 1. The summed E-state index contributed by atoms with van der Waals surface area (Å²) < 4.78 is 39.7. The van der Waals surface area contributed by atoms with Crippen molar-refractivity contribution >= 4 is 52.2 Å². The first kappa shape index (κ1) is 31.1. The van der Waals surface area contributed by atoms with Gasteiger partial charge >= 0.3 is 6.18 Å². The molecule has 1 aliphatic heterocycles. The van der Waals surface area contributed by atoms with E-state index in [-0.39, 0.29) is 40.7 Å². The molecule has 4 rings (SSSR count). The molecule has 0 spiro atoms. The molecule has 1 fully saturated rings. The van der Waals surface area contributed by atoms with Crippen LogP contribution in [0.15, 0.2) is 47.7 Å². The van der Waals surface area contributed by atoms with Gasteiger partial charge in [-0.2, -0.15) is 13.2 Å². The van der Waals surface area contributed by atoms with E-state index < -0.39 is 34.7 Å². The summed E-state index contributed by atoms with van der Waals surface area (Å²) in [6.45, 7) is 3.71. The van der Waals surface area contributed by atoms with Crippen LogP contribution >= 0.6 is 11.6 Å². The number of rotatable bonds is 5. The fourth-order valence-electron chi connectivity index (χ4n) is 4.16. The molecule has 2 aromatic carbocycles. The molecule has 0 radical (unpaired) electrons. The average Bonchev–Trinajstić information content (AvgIpc) is 3.40. The smallest absolute Gasteiger partial charge is 0.384 e. The third kappa shape index (κ3) is 7.35. The number of alkyl halides is 3. The lowest BCUT2D eigenvalue weighted by atomic mass is 10.1. The minimum Gasteiger partial charge on any atom is -0.384 e. The van der Waals surface area contributed by atoms with Crippen molar-refractivity contribution in [1.82, 2.24) is 14.9 Å². The number of nitrogens with zero attached hydrogens (tertiary/aromatic N) is 4. The normalized spacial score (nSPS) is 14.7. The van der Waals surface area contributed by atoms with E-state index in [0.717, 1.165) is 6.07 Å². The highest BCUT2D eigenvalue weighted by atomic mass is 35.5. The minimum absolute atomic E-state index is 0.0255. The first-order valence-electron chi connectivity index (χ1n) is 12.8. The Morgan fingerprint density at radius 1 is 1.23 bits per heavy atom. The Hall–Kier alpha value is -4.80. The number of hydrogen-bond donors (Lipinski definition) is 4. The summed E-state index contributed by atoms with van der Waals surface area (Å²) in [5.41, 5.74) is 6.55. The molecule has 1 atom stereocenters. The van der Waals surface area contributed by atoms with Crippen LogP contribution in [0.2, 0.25) is 5.02 Å². The van der Waals surface area contributed by atoms with E-state index in [1.165, 1.54) is 30.3 Å². The van der Waals surface area contributed by atoms with Crippen LogP contribution in [-0.2, 0) is 11.0 Å². The van der Waals surface area contributed by atoms with Gasteiger partial charge in [-0.1, -0.05) is 23.6 Å². The van der Waals surface area contributed by atoms with E-state index in [1.807, 2.05) is 0 Å². The highest BCUT2D eigenvalue weighted by molar-refractivity contribution is 6.31. The summed E-state index contributed by atoms with van der Waals surface area (Å²) in [5, 5.41) is 20.2. The number of carbonyl (C=O) groups excluding carboxylic acids is 2. The van der Waals surface area contributed by atoms with Crippen LogP contribution in [0.1, 0.15) is 46.0 Å². The summed E-state index contributed by atoms with van der Waals surface area (Å²) in [7, 11) is 0. The lowest BCUT2D eigenvalue weighted by Gasteiger charge is -2.16. The fourth-order valence-corrected chi connectivity index (χ4v) is 4.39. The number of nitrogens with two attached hydrogens (primary N) is 1. The molecule has 3 aromatic rings. The van der Waals surface area contributed by atoms with Gasteiger partial charge in [-0.25, -0.2) is 15.0 Å². The highest BCUT2D eigenvalue weighted by Crippen LogP contribution is 2.35. The van der Waals surface area contributed by atoms with Gasteiger partial charge in [0, 0.05) is 35.5 Å². The van der Waals surface area contributed by atoms with Crippen molar-refractivity contribution in [2.24, 2.45) is 4.99 Å². The molecule has 10 nitrogen and oxygen atoms in total. The number of halogens is 4. The number of benzene rings is 2. The SMILES string of the molecule is Cc1ccc(NC(=O)c2ccc(Cl)c(C(F)(F)F)c2)cc1C#CC(=N)c1c(N)ncnc1N=C1CCN(C(=O)C(C)O)C1. The Bertz CT molecular complexity index is 1710. The molecule has 0 saturated carbocycles. The van der Waals surface area contributed by atoms with Gasteiger partial charge in [-0.05, 0) is 55.7 Å². The molecule has 2 heterocycles. The molecule has 43 heavy (non-hydrogen) atoms. The van der Waals surface area contributed by atoms with Crippen LogP contribution in [0.4, 0.5) is 30.5 Å². The molecule has 0 bridgehead atoms. The minimum atomic E-state index is -4.72. The first-order valence-corrected chi connectivity index (χ1v) is 13.2. The second-order valence-electron chi connectivity index (χ2n) is 9.62. The predicted molar refractivity (Wildman–Crippen MR) is 156 cm³/mol. The van der Waals surface area contributed by atoms with E-state index in [1.54, 1.807) is 19.1 Å². The number of aryl methyl sites for hydroxylation is 1. The molecule has 1 aromatic heterocycles. The number of hydrogen-bond acceptors (Lipinski definition) is 8. The summed E-state index contributed by atoms with van der Waals surface area (Å²) in [6.07, 6.45) is -4.21. The lowest BCUT2D eigenvalue weighted by molar-refractivity contribution is -0.138. The lowest BCUT2D eigenvalue weighted by Crippen LogP contribution is -2.36. The number of carbonyl (C=O) groups is 2. The zero-order valence-electron chi connectivity index (χ0n) is 22.9. The molecule has 1 aliphatic rings. The van der Waals surface area contributed by atoms with E-state index in [0.29, 0.717) is 35.9 Å². The Balaban J connectivity index is 1.56. The van der Waals surface area contributed by atoms with Gasteiger partial charge in [-0.3, -0.25) is 15.0 Å². The summed E-state index contributed by atoms with van der Waals surface area (Å²) in [4.78, 5) is 38.8. The van der Waals surface area contributed by atoms with Crippen LogP contribution in [0.25, 0.3) is 0 Å². The number of aliphatic hydroxyl groups is 1. The van der Waals surface area contributed by atoms with Gasteiger partial charge < -0.3 is 21.1 Å². The summed E-state index contributed by atoms with van der Waals surface area (Å²) in [6, 6.07) is 7.61. The van der Waals surface area contributed by atoms with Crippen molar-refractivity contribution < 1.29 is 27.9 Å². The van der Waals surface area contributed by atoms with Gasteiger partial charge in [-0.15, -0.1) is 0 Å². The first-order chi connectivity index (χ1) is 20.2. The zero-order chi connectivity index (χ0) is 31.5. The molecule has 2 amide bonds. The number of aliphatic hydroxyl groups excluding tert-OH is 1. The Labute approximate surface area is 249 Å². The van der Waals surface area contributed by atoms with Gasteiger partial charge in [0.1, 0.15) is 24.0 Å². The maximum atomic E-state index is 13.2. The second kappa shape index (κ2) is 12.6. The van der Waals surface area contributed by atoms with Crippen LogP contribution < -0.4 is 11.1 Å². The molecular formula is C29H25ClF3N7O3. The molecule has 222 valence electrons. The molecular weight excluding hydrogens is 587 g/mol. The van der Waals surface area contributed by atoms with E-state index >= 15 is 0 Å². The molecule has 0 aliphatic carbocycles. The van der Waals surface area contributed by atoms with E-state index in [2.05, 4.69) is 32.1 Å². The van der Waals surface area contributed by atoms with Crippen molar-refractivity contribution in [3.8, 4) is 11.8 Å². The van der Waals surface area contributed by atoms with E-state index in [4.69, 9.17) is 22.7 Å². The Kier molecular flexibility index (Phi) is 9.13. The number of nitrogen functional groups attached to an aromatic ring is 1. The van der Waals surface area contributed by atoms with Crippen LogP contribution in [-0.4, -0.2) is 62.4 Å². The zero-order valence-corrected chi connectivity index (χ0v) is 23.6. The number of nitrogens with one attached hydrogen (secondary N) is 2. The van der Waals surface area contributed by atoms with Gasteiger partial charge in [0.15, 0.2) is 5.82 Å². The molecule has 5 N–H and O–H groups in total. The van der Waals surface area contributed by atoms with E-state index in [9.17, 15) is 27.9 Å². The Morgan fingerprint density at radius 3 is 2.67 bits per heavy atom. The predicted octanol–water partition coefficient (Wildman–Crippen LogP) is 4.40. The third-order valence-electron chi connectivity index (χ3n) is 6.43. The quantitative estimate of drug-likeness (QED) is 0.247. The highest BCUT2D eigenvalue weighted by Gasteiger charge is 2.34. The largest absolute Gasteiger partial charge is 0.417 e. The standard InChI is InChI=1S/C29H25ClF3N7O3/c1-15-3-6-19(39-27(42)18-4-7-22(30)21(12-18)29(31,32)33)11-17(15)5-8-23(34)24-25(35)36-14-37-26(24)38-20-9-10-40(13-20)28(43)16(2)41/h3-4,6-7,11-12,14,16,34,41H,9-10,13H2,1-2H3,(H,39,42)(H2,35,36,37). The third-order valence-corrected chi connectivity index (χ3v) is 6.76. The van der Waals surface area contributed by atoms with Gasteiger partial charge in [0.2, 0.25) is 0 Å².